The van der Waals surface area contributed by atoms with E-state index in [2.05, 4.69) is 15.9 Å². The molecule has 2 amide bonds. The minimum Gasteiger partial charge on any atom is -0.488 e. The lowest BCUT2D eigenvalue weighted by atomic mass is 10.1. The van der Waals surface area contributed by atoms with Gasteiger partial charge in [0.15, 0.2) is 0 Å². The van der Waals surface area contributed by atoms with Crippen molar-refractivity contribution in [1.82, 2.24) is 4.90 Å². The van der Waals surface area contributed by atoms with E-state index in [0.717, 1.165) is 32.9 Å². The molecular formula is C24H18BrNO3S. The standard InChI is InChI=1S/C24H18BrNO3S/c25-20-11-6-9-18(13-20)15-26-23(27)22(30-24(26)28)14-19-10-4-5-12-21(19)29-16-17-7-2-1-3-8-17/h1-14H,15-16H2. The number of benzene rings is 3. The molecule has 0 saturated carbocycles. The SMILES string of the molecule is O=C1SC(=Cc2ccccc2OCc2ccccc2)C(=O)N1Cc1cccc(Br)c1. The average molecular weight is 480 g/mol. The fraction of sp³-hybridized carbons (Fsp3) is 0.0833. The van der Waals surface area contributed by atoms with Gasteiger partial charge >= 0.3 is 0 Å². The minimum atomic E-state index is -0.289. The molecule has 4 nitrogen and oxygen atoms in total. The lowest BCUT2D eigenvalue weighted by Gasteiger charge is -2.12. The zero-order valence-corrected chi connectivity index (χ0v) is 18.4. The summed E-state index contributed by atoms with van der Waals surface area (Å²) in [7, 11) is 0. The third-order valence-electron chi connectivity index (χ3n) is 4.55. The van der Waals surface area contributed by atoms with E-state index in [-0.39, 0.29) is 17.7 Å². The first-order valence-electron chi connectivity index (χ1n) is 9.36. The Labute approximate surface area is 187 Å². The largest absolute Gasteiger partial charge is 0.488 e. The normalized spacial score (nSPS) is 15.1. The fourth-order valence-electron chi connectivity index (χ4n) is 3.06. The summed E-state index contributed by atoms with van der Waals surface area (Å²) in [5, 5.41) is -0.270. The molecule has 3 aromatic carbocycles. The van der Waals surface area contributed by atoms with Crippen molar-refractivity contribution < 1.29 is 14.3 Å². The van der Waals surface area contributed by atoms with E-state index in [9.17, 15) is 9.59 Å². The second-order valence-electron chi connectivity index (χ2n) is 6.71. The van der Waals surface area contributed by atoms with Crippen molar-refractivity contribution in [3.63, 3.8) is 0 Å². The molecule has 3 aromatic rings. The van der Waals surface area contributed by atoms with Gasteiger partial charge in [-0.1, -0.05) is 76.6 Å². The Hall–Kier alpha value is -2.83. The maximum absolute atomic E-state index is 12.9. The maximum atomic E-state index is 12.9. The van der Waals surface area contributed by atoms with Crippen LogP contribution in [0.3, 0.4) is 0 Å². The number of hydrogen-bond donors (Lipinski definition) is 0. The summed E-state index contributed by atoms with van der Waals surface area (Å²) >= 11 is 4.37. The van der Waals surface area contributed by atoms with Crippen LogP contribution in [-0.4, -0.2) is 16.0 Å². The van der Waals surface area contributed by atoms with Crippen molar-refractivity contribution in [2.24, 2.45) is 0 Å². The molecule has 1 fully saturated rings. The molecule has 0 spiro atoms. The predicted octanol–water partition coefficient (Wildman–Crippen LogP) is 6.26. The molecule has 1 saturated heterocycles. The number of carbonyl (C=O) groups is 2. The molecule has 1 aliphatic rings. The molecule has 30 heavy (non-hydrogen) atoms. The van der Waals surface area contributed by atoms with E-state index < -0.39 is 0 Å². The minimum absolute atomic E-state index is 0.244. The Morgan fingerprint density at radius 1 is 0.900 bits per heavy atom. The lowest BCUT2D eigenvalue weighted by molar-refractivity contribution is -0.123. The van der Waals surface area contributed by atoms with E-state index in [1.807, 2.05) is 78.9 Å². The van der Waals surface area contributed by atoms with Crippen molar-refractivity contribution >= 4 is 44.9 Å². The monoisotopic (exact) mass is 479 g/mol. The second-order valence-corrected chi connectivity index (χ2v) is 8.62. The first-order chi connectivity index (χ1) is 14.6. The van der Waals surface area contributed by atoms with Gasteiger partial charge in [0, 0.05) is 10.0 Å². The first-order valence-corrected chi connectivity index (χ1v) is 11.0. The second kappa shape index (κ2) is 9.32. The van der Waals surface area contributed by atoms with E-state index in [0.29, 0.717) is 17.3 Å². The number of carbonyl (C=O) groups excluding carboxylic acids is 2. The molecule has 0 bridgehead atoms. The smallest absolute Gasteiger partial charge is 0.293 e. The summed E-state index contributed by atoms with van der Waals surface area (Å²) in [6, 6.07) is 25.0. The van der Waals surface area contributed by atoms with Gasteiger partial charge in [-0.2, -0.15) is 0 Å². The summed E-state index contributed by atoms with van der Waals surface area (Å²) < 4.78 is 6.87. The van der Waals surface area contributed by atoms with Gasteiger partial charge in [-0.05, 0) is 47.2 Å². The summed E-state index contributed by atoms with van der Waals surface area (Å²) in [4.78, 5) is 27.0. The lowest BCUT2D eigenvalue weighted by Crippen LogP contribution is -2.27. The molecule has 0 N–H and O–H groups in total. The third kappa shape index (κ3) is 4.83. The number of halogens is 1. The molecule has 0 aromatic heterocycles. The van der Waals surface area contributed by atoms with Gasteiger partial charge in [-0.3, -0.25) is 14.5 Å². The Bertz CT molecular complexity index is 1110. The van der Waals surface area contributed by atoms with Crippen LogP contribution in [0.4, 0.5) is 4.79 Å². The van der Waals surface area contributed by atoms with Crippen molar-refractivity contribution in [1.29, 1.82) is 0 Å². The van der Waals surface area contributed by atoms with Crippen molar-refractivity contribution in [3.05, 3.63) is 105 Å². The van der Waals surface area contributed by atoms with Gasteiger partial charge in [0.2, 0.25) is 0 Å². The third-order valence-corrected chi connectivity index (χ3v) is 5.95. The molecule has 150 valence electrons. The molecule has 6 heteroatoms. The van der Waals surface area contributed by atoms with Gasteiger partial charge in [-0.25, -0.2) is 0 Å². The number of para-hydroxylation sites is 1. The van der Waals surface area contributed by atoms with Gasteiger partial charge < -0.3 is 4.74 Å². The van der Waals surface area contributed by atoms with Gasteiger partial charge in [-0.15, -0.1) is 0 Å². The van der Waals surface area contributed by atoms with Crippen LogP contribution in [0.5, 0.6) is 5.75 Å². The van der Waals surface area contributed by atoms with Crippen LogP contribution in [0.15, 0.2) is 88.2 Å². The number of thioether (sulfide) groups is 1. The van der Waals surface area contributed by atoms with E-state index in [1.165, 1.54) is 4.90 Å². The van der Waals surface area contributed by atoms with E-state index >= 15 is 0 Å². The molecular weight excluding hydrogens is 462 g/mol. The quantitative estimate of drug-likeness (QED) is 0.391. The number of ether oxygens (including phenoxy) is 1. The maximum Gasteiger partial charge on any atom is 0.293 e. The average Bonchev–Trinajstić information content (AvgIpc) is 3.01. The summed E-state index contributed by atoms with van der Waals surface area (Å²) in [6.07, 6.45) is 1.73. The Balaban J connectivity index is 1.52. The molecule has 0 radical (unpaired) electrons. The molecule has 1 heterocycles. The Morgan fingerprint density at radius 3 is 2.43 bits per heavy atom. The van der Waals surface area contributed by atoms with E-state index in [4.69, 9.17) is 4.74 Å². The van der Waals surface area contributed by atoms with Gasteiger partial charge in [0.25, 0.3) is 11.1 Å². The topological polar surface area (TPSA) is 46.6 Å². The summed E-state index contributed by atoms with van der Waals surface area (Å²) in [6.45, 7) is 0.670. The molecule has 0 unspecified atom stereocenters. The number of amides is 2. The van der Waals surface area contributed by atoms with Crippen LogP contribution in [0.2, 0.25) is 0 Å². The fourth-order valence-corrected chi connectivity index (χ4v) is 4.34. The van der Waals surface area contributed by atoms with Crippen LogP contribution < -0.4 is 4.74 Å². The number of hydrogen-bond acceptors (Lipinski definition) is 4. The zero-order chi connectivity index (χ0) is 20.9. The number of rotatable bonds is 6. The van der Waals surface area contributed by atoms with Crippen LogP contribution in [0, 0.1) is 0 Å². The highest BCUT2D eigenvalue weighted by molar-refractivity contribution is 9.10. The highest BCUT2D eigenvalue weighted by Gasteiger charge is 2.35. The Kier molecular flexibility index (Phi) is 6.35. The van der Waals surface area contributed by atoms with Crippen LogP contribution in [0.25, 0.3) is 6.08 Å². The summed E-state index contributed by atoms with van der Waals surface area (Å²) in [5.74, 6) is 0.378. The zero-order valence-electron chi connectivity index (χ0n) is 16.0. The van der Waals surface area contributed by atoms with Gasteiger partial charge in [0.1, 0.15) is 12.4 Å². The van der Waals surface area contributed by atoms with Crippen molar-refractivity contribution in [3.8, 4) is 5.75 Å². The first kappa shape index (κ1) is 20.4. The highest BCUT2D eigenvalue weighted by atomic mass is 79.9. The van der Waals surface area contributed by atoms with Crippen LogP contribution in [-0.2, 0) is 17.9 Å². The number of nitrogens with zero attached hydrogens (tertiary/aromatic N) is 1. The predicted molar refractivity (Wildman–Crippen MR) is 123 cm³/mol. The molecule has 0 atom stereocenters. The van der Waals surface area contributed by atoms with Crippen molar-refractivity contribution in [2.45, 2.75) is 13.2 Å². The molecule has 0 aliphatic carbocycles. The van der Waals surface area contributed by atoms with Crippen LogP contribution >= 0.6 is 27.7 Å². The highest BCUT2D eigenvalue weighted by Crippen LogP contribution is 2.35. The van der Waals surface area contributed by atoms with Gasteiger partial charge in [0.05, 0.1) is 11.4 Å². The van der Waals surface area contributed by atoms with Crippen LogP contribution in [0.1, 0.15) is 16.7 Å². The summed E-state index contributed by atoms with van der Waals surface area (Å²) in [5.41, 5.74) is 2.71. The van der Waals surface area contributed by atoms with Crippen molar-refractivity contribution in [2.75, 3.05) is 0 Å². The Morgan fingerprint density at radius 2 is 1.63 bits per heavy atom. The molecule has 1 aliphatic heterocycles. The van der Waals surface area contributed by atoms with E-state index in [1.54, 1.807) is 6.08 Å². The molecule has 4 rings (SSSR count). The number of imide groups is 1.